The SMILES string of the molecule is COc1ccc2[nH]c(C)c(-c3ccc4c([N+](=O)[O-])cccc4n3)c2c1. The number of aromatic nitrogens is 2. The van der Waals surface area contributed by atoms with Crippen LogP contribution in [0.5, 0.6) is 5.75 Å². The van der Waals surface area contributed by atoms with Crippen molar-refractivity contribution in [3.8, 4) is 17.0 Å². The molecule has 1 N–H and O–H groups in total. The van der Waals surface area contributed by atoms with E-state index in [-0.39, 0.29) is 10.6 Å². The molecule has 0 fully saturated rings. The van der Waals surface area contributed by atoms with E-state index in [0.717, 1.165) is 33.6 Å². The zero-order chi connectivity index (χ0) is 17.6. The van der Waals surface area contributed by atoms with E-state index in [1.807, 2.05) is 31.2 Å². The van der Waals surface area contributed by atoms with Gasteiger partial charge in [-0.05, 0) is 43.3 Å². The standard InChI is InChI=1S/C19H15N3O3/c1-11-19(14-10-12(25-2)6-8-16(14)20-11)17-9-7-13-15(21-17)4-3-5-18(13)22(23)24/h3-10,20H,1-2H3. The lowest BCUT2D eigenvalue weighted by Gasteiger charge is -2.05. The third-order valence-corrected chi connectivity index (χ3v) is 4.35. The van der Waals surface area contributed by atoms with Crippen LogP contribution in [0.2, 0.25) is 0 Å². The van der Waals surface area contributed by atoms with Gasteiger partial charge in [0.2, 0.25) is 0 Å². The maximum absolute atomic E-state index is 11.2. The number of nitrogens with zero attached hydrogens (tertiary/aromatic N) is 2. The van der Waals surface area contributed by atoms with Gasteiger partial charge < -0.3 is 9.72 Å². The Morgan fingerprint density at radius 2 is 1.96 bits per heavy atom. The Hall–Kier alpha value is -3.41. The summed E-state index contributed by atoms with van der Waals surface area (Å²) in [5, 5.41) is 12.7. The van der Waals surface area contributed by atoms with Crippen LogP contribution in [0.3, 0.4) is 0 Å². The van der Waals surface area contributed by atoms with E-state index in [1.54, 1.807) is 25.3 Å². The summed E-state index contributed by atoms with van der Waals surface area (Å²) < 4.78 is 5.33. The number of H-pyrrole nitrogens is 1. The van der Waals surface area contributed by atoms with Crippen molar-refractivity contribution in [3.63, 3.8) is 0 Å². The molecule has 0 atom stereocenters. The molecule has 0 aliphatic carbocycles. The fraction of sp³-hybridized carbons (Fsp3) is 0.105. The summed E-state index contributed by atoms with van der Waals surface area (Å²) in [5.41, 5.74) is 4.39. The first-order valence-electron chi connectivity index (χ1n) is 7.79. The van der Waals surface area contributed by atoms with Crippen LogP contribution in [0.4, 0.5) is 5.69 Å². The van der Waals surface area contributed by atoms with Crippen LogP contribution < -0.4 is 4.74 Å². The first kappa shape index (κ1) is 15.1. The maximum atomic E-state index is 11.2. The van der Waals surface area contributed by atoms with Gasteiger partial charge >= 0.3 is 0 Å². The van der Waals surface area contributed by atoms with Crippen molar-refractivity contribution in [2.75, 3.05) is 7.11 Å². The number of aryl methyl sites for hydroxylation is 1. The number of non-ortho nitro benzene ring substituents is 1. The average molecular weight is 333 g/mol. The highest BCUT2D eigenvalue weighted by molar-refractivity contribution is 5.99. The number of rotatable bonds is 3. The molecule has 0 bridgehead atoms. The molecule has 0 saturated heterocycles. The van der Waals surface area contributed by atoms with E-state index < -0.39 is 0 Å². The summed E-state index contributed by atoms with van der Waals surface area (Å²) in [6.07, 6.45) is 0. The monoisotopic (exact) mass is 333 g/mol. The number of nitro benzene ring substituents is 1. The van der Waals surface area contributed by atoms with Crippen molar-refractivity contribution < 1.29 is 9.66 Å². The summed E-state index contributed by atoms with van der Waals surface area (Å²) in [6, 6.07) is 14.4. The zero-order valence-corrected chi connectivity index (χ0v) is 13.7. The molecule has 2 aromatic carbocycles. The van der Waals surface area contributed by atoms with Crippen molar-refractivity contribution in [2.24, 2.45) is 0 Å². The van der Waals surface area contributed by atoms with Gasteiger partial charge in [-0.2, -0.15) is 0 Å². The summed E-state index contributed by atoms with van der Waals surface area (Å²) in [6.45, 7) is 1.99. The van der Waals surface area contributed by atoms with Crippen molar-refractivity contribution in [2.45, 2.75) is 6.92 Å². The average Bonchev–Trinajstić information content (AvgIpc) is 2.95. The Morgan fingerprint density at radius 3 is 2.72 bits per heavy atom. The molecule has 0 aliphatic rings. The molecule has 124 valence electrons. The number of pyridine rings is 1. The van der Waals surface area contributed by atoms with E-state index in [9.17, 15) is 10.1 Å². The van der Waals surface area contributed by atoms with Gasteiger partial charge in [-0.1, -0.05) is 6.07 Å². The van der Waals surface area contributed by atoms with Crippen LogP contribution in [0.15, 0.2) is 48.5 Å². The summed E-state index contributed by atoms with van der Waals surface area (Å²) >= 11 is 0. The summed E-state index contributed by atoms with van der Waals surface area (Å²) in [4.78, 5) is 18.8. The topological polar surface area (TPSA) is 81.0 Å². The molecule has 0 aliphatic heterocycles. The van der Waals surface area contributed by atoms with Crippen molar-refractivity contribution >= 4 is 27.5 Å². The van der Waals surface area contributed by atoms with Gasteiger partial charge in [0.05, 0.1) is 28.6 Å². The second kappa shape index (κ2) is 5.59. The molecule has 2 aromatic heterocycles. The van der Waals surface area contributed by atoms with Gasteiger partial charge in [0.15, 0.2) is 0 Å². The molecule has 4 aromatic rings. The minimum Gasteiger partial charge on any atom is -0.497 e. The number of fused-ring (bicyclic) bond motifs is 2. The van der Waals surface area contributed by atoms with Gasteiger partial charge in [-0.25, -0.2) is 4.98 Å². The van der Waals surface area contributed by atoms with Crippen LogP contribution >= 0.6 is 0 Å². The third kappa shape index (κ3) is 2.39. The number of ether oxygens (including phenoxy) is 1. The smallest absolute Gasteiger partial charge is 0.278 e. The lowest BCUT2D eigenvalue weighted by Crippen LogP contribution is -1.92. The van der Waals surface area contributed by atoms with E-state index in [2.05, 4.69) is 9.97 Å². The van der Waals surface area contributed by atoms with Crippen LogP contribution in [0.1, 0.15) is 5.69 Å². The molecule has 0 amide bonds. The zero-order valence-electron chi connectivity index (χ0n) is 13.7. The fourth-order valence-corrected chi connectivity index (χ4v) is 3.20. The molecule has 6 heteroatoms. The lowest BCUT2D eigenvalue weighted by atomic mass is 10.1. The Kier molecular flexibility index (Phi) is 3.39. The number of nitro groups is 1. The summed E-state index contributed by atoms with van der Waals surface area (Å²) in [7, 11) is 1.63. The van der Waals surface area contributed by atoms with Gasteiger partial charge in [0.1, 0.15) is 5.75 Å². The number of benzene rings is 2. The molecule has 0 spiro atoms. The quantitative estimate of drug-likeness (QED) is 0.438. The molecule has 25 heavy (non-hydrogen) atoms. The highest BCUT2D eigenvalue weighted by Crippen LogP contribution is 2.35. The van der Waals surface area contributed by atoms with E-state index in [1.165, 1.54) is 6.07 Å². The second-order valence-electron chi connectivity index (χ2n) is 5.83. The second-order valence-corrected chi connectivity index (χ2v) is 5.83. The largest absolute Gasteiger partial charge is 0.497 e. The number of methoxy groups -OCH3 is 1. The Morgan fingerprint density at radius 1 is 1.12 bits per heavy atom. The molecule has 4 rings (SSSR count). The van der Waals surface area contributed by atoms with Crippen molar-refractivity contribution in [1.29, 1.82) is 0 Å². The van der Waals surface area contributed by atoms with Crippen LogP contribution in [-0.2, 0) is 0 Å². The van der Waals surface area contributed by atoms with Crippen LogP contribution in [0.25, 0.3) is 33.1 Å². The van der Waals surface area contributed by atoms with Gasteiger partial charge in [0, 0.05) is 28.2 Å². The Balaban J connectivity index is 1.97. The van der Waals surface area contributed by atoms with E-state index in [4.69, 9.17) is 4.74 Å². The molecule has 6 nitrogen and oxygen atoms in total. The molecule has 2 heterocycles. The predicted molar refractivity (Wildman–Crippen MR) is 97.0 cm³/mol. The first-order valence-corrected chi connectivity index (χ1v) is 7.79. The van der Waals surface area contributed by atoms with Crippen molar-refractivity contribution in [3.05, 3.63) is 64.3 Å². The van der Waals surface area contributed by atoms with Crippen LogP contribution in [0, 0.1) is 17.0 Å². The minimum absolute atomic E-state index is 0.0638. The van der Waals surface area contributed by atoms with Gasteiger partial charge in [0.25, 0.3) is 5.69 Å². The normalized spacial score (nSPS) is 11.1. The van der Waals surface area contributed by atoms with Crippen LogP contribution in [-0.4, -0.2) is 22.0 Å². The Labute approximate surface area is 143 Å². The predicted octanol–water partition coefficient (Wildman–Crippen LogP) is 4.61. The molecule has 0 saturated carbocycles. The first-order chi connectivity index (χ1) is 12.1. The van der Waals surface area contributed by atoms with E-state index in [0.29, 0.717) is 10.9 Å². The van der Waals surface area contributed by atoms with Gasteiger partial charge in [-0.3, -0.25) is 10.1 Å². The lowest BCUT2D eigenvalue weighted by molar-refractivity contribution is -0.383. The fourth-order valence-electron chi connectivity index (χ4n) is 3.20. The molecular weight excluding hydrogens is 318 g/mol. The maximum Gasteiger partial charge on any atom is 0.278 e. The molecule has 0 unspecified atom stereocenters. The minimum atomic E-state index is -0.383. The number of hydrogen-bond acceptors (Lipinski definition) is 4. The Bertz CT molecular complexity index is 1130. The van der Waals surface area contributed by atoms with Gasteiger partial charge in [-0.15, -0.1) is 0 Å². The number of hydrogen-bond donors (Lipinski definition) is 1. The van der Waals surface area contributed by atoms with Crippen molar-refractivity contribution in [1.82, 2.24) is 9.97 Å². The molecule has 0 radical (unpaired) electrons. The highest BCUT2D eigenvalue weighted by atomic mass is 16.6. The summed E-state index contributed by atoms with van der Waals surface area (Å²) in [5.74, 6) is 0.768. The third-order valence-electron chi connectivity index (χ3n) is 4.35. The number of nitrogens with one attached hydrogen (secondary N) is 1. The van der Waals surface area contributed by atoms with E-state index >= 15 is 0 Å². The highest BCUT2D eigenvalue weighted by Gasteiger charge is 2.16. The number of aromatic amines is 1. The molecular formula is C19H15N3O3.